The van der Waals surface area contributed by atoms with Crippen LogP contribution in [0.5, 0.6) is 0 Å². The van der Waals surface area contributed by atoms with Gasteiger partial charge in [0.05, 0.1) is 18.6 Å². The molecule has 7 heteroatoms. The molecule has 1 unspecified atom stereocenters. The molecule has 0 spiro atoms. The van der Waals surface area contributed by atoms with Crippen molar-refractivity contribution in [1.82, 2.24) is 14.8 Å². The van der Waals surface area contributed by atoms with Crippen LogP contribution < -0.4 is 0 Å². The van der Waals surface area contributed by atoms with E-state index >= 15 is 0 Å². The number of carbonyl (C=O) groups excluding carboxylic acids is 1. The molecule has 1 aromatic carbocycles. The van der Waals surface area contributed by atoms with E-state index in [2.05, 4.69) is 10.1 Å². The second kappa shape index (κ2) is 7.16. The molecule has 1 saturated heterocycles. The minimum atomic E-state index is -1.23. The summed E-state index contributed by atoms with van der Waals surface area (Å²) < 4.78 is 18.4. The largest absolute Gasteiger partial charge is 0.433 e. The third kappa shape index (κ3) is 3.47. The lowest BCUT2D eigenvalue weighted by atomic mass is 9.79. The molecule has 2 aromatic rings. The molecule has 0 bridgehead atoms. The van der Waals surface area contributed by atoms with Crippen LogP contribution >= 0.6 is 0 Å². The normalized spacial score (nSPS) is 19.4. The van der Waals surface area contributed by atoms with Crippen molar-refractivity contribution < 1.29 is 19.0 Å². The Morgan fingerprint density at radius 3 is 2.64 bits per heavy atom. The lowest BCUT2D eigenvalue weighted by Crippen LogP contribution is -2.56. The van der Waals surface area contributed by atoms with Gasteiger partial charge < -0.3 is 14.2 Å². The van der Waals surface area contributed by atoms with Crippen LogP contribution in [-0.4, -0.2) is 40.7 Å². The lowest BCUT2D eigenvalue weighted by molar-refractivity contribution is -0.245. The van der Waals surface area contributed by atoms with E-state index in [-0.39, 0.29) is 6.79 Å². The summed E-state index contributed by atoms with van der Waals surface area (Å²) in [6.45, 7) is 4.21. The Morgan fingerprint density at radius 1 is 1.32 bits per heavy atom. The van der Waals surface area contributed by atoms with Crippen molar-refractivity contribution in [2.75, 3.05) is 20.0 Å². The number of aromatic nitrogens is 3. The zero-order valence-corrected chi connectivity index (χ0v) is 14.3. The summed E-state index contributed by atoms with van der Waals surface area (Å²) in [4.78, 5) is 16.0. The zero-order chi connectivity index (χ0) is 17.8. The van der Waals surface area contributed by atoms with Crippen molar-refractivity contribution in [1.29, 1.82) is 0 Å². The fourth-order valence-corrected chi connectivity index (χ4v) is 2.97. The predicted molar refractivity (Wildman–Crippen MR) is 90.1 cm³/mol. The highest BCUT2D eigenvalue weighted by molar-refractivity contribution is 5.67. The van der Waals surface area contributed by atoms with Crippen LogP contribution in [0, 0.1) is 5.41 Å². The van der Waals surface area contributed by atoms with Gasteiger partial charge in [-0.3, -0.25) is 4.79 Å². The molecular formula is C18H21N3O4. The Labute approximate surface area is 146 Å². The molecule has 1 atom stereocenters. The van der Waals surface area contributed by atoms with Crippen molar-refractivity contribution in [2.45, 2.75) is 19.6 Å². The molecule has 0 amide bonds. The average molecular weight is 343 g/mol. The second-order valence-corrected chi connectivity index (χ2v) is 6.25. The molecule has 7 nitrogen and oxygen atoms in total. The number of esters is 1. The summed E-state index contributed by atoms with van der Waals surface area (Å²) >= 11 is 0. The first-order valence-electron chi connectivity index (χ1n) is 8.00. The standard InChI is InChI=1S/C18H21N3O4/c1-15(22)25-18(21-13-19-12-20-21,17(2)10-23-14-24-11-17)9-8-16-6-4-3-5-7-16/h3-9,12-13H,10-11,14H2,1-2H3. The number of hydrogen-bond donors (Lipinski definition) is 0. The summed E-state index contributed by atoms with van der Waals surface area (Å²) in [7, 11) is 0. The van der Waals surface area contributed by atoms with Gasteiger partial charge in [-0.2, -0.15) is 5.10 Å². The Morgan fingerprint density at radius 2 is 2.04 bits per heavy atom. The molecule has 1 aliphatic heterocycles. The zero-order valence-electron chi connectivity index (χ0n) is 14.3. The monoisotopic (exact) mass is 343 g/mol. The summed E-state index contributed by atoms with van der Waals surface area (Å²) in [5, 5.41) is 4.24. The Kier molecular flexibility index (Phi) is 4.96. The van der Waals surface area contributed by atoms with Gasteiger partial charge in [-0.1, -0.05) is 36.4 Å². The summed E-state index contributed by atoms with van der Waals surface area (Å²) in [6, 6.07) is 9.76. The van der Waals surface area contributed by atoms with E-state index in [1.807, 2.05) is 49.4 Å². The highest BCUT2D eigenvalue weighted by Gasteiger charge is 2.54. The van der Waals surface area contributed by atoms with Gasteiger partial charge in [0.25, 0.3) is 0 Å². The minimum Gasteiger partial charge on any atom is -0.433 e. The van der Waals surface area contributed by atoms with Gasteiger partial charge in [0.2, 0.25) is 5.72 Å². The number of nitrogens with zero attached hydrogens (tertiary/aromatic N) is 3. The van der Waals surface area contributed by atoms with E-state index in [1.165, 1.54) is 24.3 Å². The molecule has 1 fully saturated rings. The predicted octanol–water partition coefficient (Wildman–Crippen LogP) is 2.22. The highest BCUT2D eigenvalue weighted by Crippen LogP contribution is 2.42. The van der Waals surface area contributed by atoms with Crippen LogP contribution in [0.4, 0.5) is 0 Å². The Balaban J connectivity index is 2.11. The van der Waals surface area contributed by atoms with Gasteiger partial charge in [-0.25, -0.2) is 9.67 Å². The SMILES string of the molecule is CC(=O)OC(C=Cc1ccccc1)(n1cncn1)C1(C)COCOC1. The molecule has 2 heterocycles. The highest BCUT2D eigenvalue weighted by atomic mass is 16.7. The van der Waals surface area contributed by atoms with Gasteiger partial charge in [0, 0.05) is 6.92 Å². The average Bonchev–Trinajstić information content (AvgIpc) is 3.15. The smallest absolute Gasteiger partial charge is 0.305 e. The van der Waals surface area contributed by atoms with Crippen LogP contribution in [-0.2, 0) is 24.7 Å². The third-order valence-corrected chi connectivity index (χ3v) is 4.23. The van der Waals surface area contributed by atoms with Gasteiger partial charge in [-0.15, -0.1) is 0 Å². The fraction of sp³-hybridized carbons (Fsp3) is 0.389. The third-order valence-electron chi connectivity index (χ3n) is 4.23. The van der Waals surface area contributed by atoms with E-state index in [9.17, 15) is 4.79 Å². The maximum atomic E-state index is 12.0. The molecule has 132 valence electrons. The quantitative estimate of drug-likeness (QED) is 0.775. The number of ether oxygens (including phenoxy) is 3. The molecule has 3 rings (SSSR count). The van der Waals surface area contributed by atoms with Crippen LogP contribution in [0.3, 0.4) is 0 Å². The van der Waals surface area contributed by atoms with E-state index in [0.717, 1.165) is 5.56 Å². The van der Waals surface area contributed by atoms with E-state index in [4.69, 9.17) is 14.2 Å². The molecule has 0 saturated carbocycles. The van der Waals surface area contributed by atoms with E-state index < -0.39 is 17.1 Å². The first-order chi connectivity index (χ1) is 12.1. The maximum Gasteiger partial charge on any atom is 0.305 e. The van der Waals surface area contributed by atoms with Crippen molar-refractivity contribution in [3.63, 3.8) is 0 Å². The summed E-state index contributed by atoms with van der Waals surface area (Å²) in [5.41, 5.74) is -0.943. The first kappa shape index (κ1) is 17.3. The van der Waals surface area contributed by atoms with Crippen LogP contribution in [0.1, 0.15) is 19.4 Å². The number of carbonyl (C=O) groups is 1. The van der Waals surface area contributed by atoms with Crippen molar-refractivity contribution in [3.05, 3.63) is 54.6 Å². The van der Waals surface area contributed by atoms with Crippen molar-refractivity contribution >= 4 is 12.0 Å². The molecule has 25 heavy (non-hydrogen) atoms. The molecule has 1 aromatic heterocycles. The van der Waals surface area contributed by atoms with E-state index in [1.54, 1.807) is 0 Å². The number of hydrogen-bond acceptors (Lipinski definition) is 6. The molecule has 0 radical (unpaired) electrons. The van der Waals surface area contributed by atoms with Gasteiger partial charge >= 0.3 is 5.97 Å². The van der Waals surface area contributed by atoms with Crippen LogP contribution in [0.15, 0.2) is 49.1 Å². The van der Waals surface area contributed by atoms with E-state index in [0.29, 0.717) is 13.2 Å². The summed E-state index contributed by atoms with van der Waals surface area (Å²) in [6.07, 6.45) is 6.64. The molecule has 1 aliphatic rings. The molecule has 0 aliphatic carbocycles. The minimum absolute atomic E-state index is 0.214. The van der Waals surface area contributed by atoms with Gasteiger partial charge in [0.1, 0.15) is 19.4 Å². The Bertz CT molecular complexity index is 724. The van der Waals surface area contributed by atoms with Gasteiger partial charge in [-0.05, 0) is 18.6 Å². The lowest BCUT2D eigenvalue weighted by Gasteiger charge is -2.46. The molecule has 0 N–H and O–H groups in total. The van der Waals surface area contributed by atoms with Crippen LogP contribution in [0.25, 0.3) is 6.08 Å². The maximum absolute atomic E-state index is 12.0. The van der Waals surface area contributed by atoms with Gasteiger partial charge in [0.15, 0.2) is 0 Å². The molecular weight excluding hydrogens is 322 g/mol. The number of rotatable bonds is 5. The number of benzene rings is 1. The fourth-order valence-electron chi connectivity index (χ4n) is 2.97. The Hall–Kier alpha value is -2.51. The topological polar surface area (TPSA) is 75.5 Å². The van der Waals surface area contributed by atoms with Crippen molar-refractivity contribution in [3.8, 4) is 0 Å². The second-order valence-electron chi connectivity index (χ2n) is 6.25. The first-order valence-corrected chi connectivity index (χ1v) is 8.00. The van der Waals surface area contributed by atoms with Crippen molar-refractivity contribution in [2.24, 2.45) is 5.41 Å². The summed E-state index contributed by atoms with van der Waals surface area (Å²) in [5.74, 6) is -0.431. The van der Waals surface area contributed by atoms with Crippen LogP contribution in [0.2, 0.25) is 0 Å².